The first-order chi connectivity index (χ1) is 17.4. The van der Waals surface area contributed by atoms with E-state index in [1.807, 2.05) is 30.0 Å². The number of nitrogens with zero attached hydrogens (tertiary/aromatic N) is 3. The van der Waals surface area contributed by atoms with E-state index in [1.165, 1.54) is 6.07 Å². The number of fused-ring (bicyclic) bond motifs is 2. The molecule has 5 nitrogen and oxygen atoms in total. The quantitative estimate of drug-likeness (QED) is 0.320. The van der Waals surface area contributed by atoms with Crippen LogP contribution in [-0.2, 0) is 16.6 Å². The van der Waals surface area contributed by atoms with Gasteiger partial charge in [0.15, 0.2) is 0 Å². The predicted octanol–water partition coefficient (Wildman–Crippen LogP) is 7.09. The molecule has 6 heteroatoms. The molecule has 0 radical (unpaired) electrons. The third kappa shape index (κ3) is 4.43. The summed E-state index contributed by atoms with van der Waals surface area (Å²) in [6, 6.07) is 15.1. The number of hydrogen-bond donors (Lipinski definition) is 1. The van der Waals surface area contributed by atoms with Gasteiger partial charge in [0.25, 0.3) is 0 Å². The second kappa shape index (κ2) is 8.79. The molecular formula is C31H35FN4O. The zero-order valence-corrected chi connectivity index (χ0v) is 22.7. The lowest BCUT2D eigenvalue weighted by Crippen LogP contribution is -2.36. The zero-order chi connectivity index (χ0) is 26.7. The van der Waals surface area contributed by atoms with Gasteiger partial charge in [-0.25, -0.2) is 14.4 Å². The van der Waals surface area contributed by atoms with Gasteiger partial charge >= 0.3 is 0 Å². The summed E-state index contributed by atoms with van der Waals surface area (Å²) < 4.78 is 14.4. The molecule has 1 aliphatic rings. The largest absolute Gasteiger partial charge is 0.353 e. The van der Waals surface area contributed by atoms with E-state index in [0.29, 0.717) is 18.4 Å². The molecule has 0 bridgehead atoms. The Morgan fingerprint density at radius 2 is 1.78 bits per heavy atom. The van der Waals surface area contributed by atoms with Crippen LogP contribution in [-0.4, -0.2) is 27.4 Å². The van der Waals surface area contributed by atoms with Gasteiger partial charge < -0.3 is 9.88 Å². The smallest absolute Gasteiger partial charge is 0.235 e. The molecule has 0 spiro atoms. The van der Waals surface area contributed by atoms with Crippen LogP contribution in [0.1, 0.15) is 70.1 Å². The molecule has 1 aliphatic heterocycles. The topological polar surface area (TPSA) is 61.9 Å². The van der Waals surface area contributed by atoms with Crippen molar-refractivity contribution in [1.29, 1.82) is 0 Å². The standard InChI is InChI=1S/C31H35FN4O/c1-8-36-26-13-12-18(2)14-21(26)27(28(36)37)31(6,7)17-19-15-24(35-29(33-19)30(3,4)5)25-16-20-22(32)10-9-11-23(20)34-25/h9-16,27,34H,8,17H2,1-7H3. The summed E-state index contributed by atoms with van der Waals surface area (Å²) in [7, 11) is 0. The van der Waals surface area contributed by atoms with E-state index >= 15 is 0 Å². The third-order valence-corrected chi connectivity index (χ3v) is 7.37. The maximum atomic E-state index is 14.4. The van der Waals surface area contributed by atoms with Crippen molar-refractivity contribution >= 4 is 22.5 Å². The minimum absolute atomic E-state index is 0.143. The summed E-state index contributed by atoms with van der Waals surface area (Å²) in [5.41, 5.74) is 5.66. The van der Waals surface area contributed by atoms with Crippen LogP contribution >= 0.6 is 0 Å². The fraction of sp³-hybridized carbons (Fsp3) is 0.387. The molecule has 1 atom stereocenters. The number of carbonyl (C=O) groups excluding carboxylic acids is 1. The molecule has 0 saturated heterocycles. The van der Waals surface area contributed by atoms with E-state index in [9.17, 15) is 9.18 Å². The lowest BCUT2D eigenvalue weighted by atomic mass is 9.72. The van der Waals surface area contributed by atoms with Crippen LogP contribution in [0.5, 0.6) is 0 Å². The first kappa shape index (κ1) is 25.1. The fourth-order valence-electron chi connectivity index (χ4n) is 5.53. The molecule has 2 aromatic heterocycles. The van der Waals surface area contributed by atoms with Gasteiger partial charge in [-0.2, -0.15) is 0 Å². The number of aryl methyl sites for hydroxylation is 1. The number of amides is 1. The summed E-state index contributed by atoms with van der Waals surface area (Å²) in [6.07, 6.45) is 0.599. The highest BCUT2D eigenvalue weighted by atomic mass is 19.1. The monoisotopic (exact) mass is 498 g/mol. The van der Waals surface area contributed by atoms with Gasteiger partial charge in [0.2, 0.25) is 5.91 Å². The molecule has 37 heavy (non-hydrogen) atoms. The van der Waals surface area contributed by atoms with E-state index < -0.39 is 5.41 Å². The number of aromatic amines is 1. The highest BCUT2D eigenvalue weighted by Crippen LogP contribution is 2.48. The van der Waals surface area contributed by atoms with Gasteiger partial charge in [-0.3, -0.25) is 4.79 Å². The Morgan fingerprint density at radius 3 is 2.46 bits per heavy atom. The van der Waals surface area contributed by atoms with Crippen LogP contribution in [0.3, 0.4) is 0 Å². The lowest BCUT2D eigenvalue weighted by Gasteiger charge is -2.31. The molecule has 0 saturated carbocycles. The Bertz CT molecular complexity index is 1510. The van der Waals surface area contributed by atoms with Crippen LogP contribution in [0, 0.1) is 18.2 Å². The van der Waals surface area contributed by atoms with Crippen LogP contribution in [0.25, 0.3) is 22.3 Å². The first-order valence-corrected chi connectivity index (χ1v) is 13.0. The average molecular weight is 499 g/mol. The SMILES string of the molecule is CCN1C(=O)C(C(C)(C)Cc2cc(-c3cc4c(F)cccc4[nH]3)nc(C(C)(C)C)n2)c2cc(C)ccc21. The van der Waals surface area contributed by atoms with Crippen molar-refractivity contribution in [2.45, 2.75) is 66.2 Å². The number of hydrogen-bond acceptors (Lipinski definition) is 3. The summed E-state index contributed by atoms with van der Waals surface area (Å²) in [5, 5.41) is 0.540. The summed E-state index contributed by atoms with van der Waals surface area (Å²) in [6.45, 7) is 15.3. The maximum Gasteiger partial charge on any atom is 0.235 e. The molecular weight excluding hydrogens is 463 g/mol. The molecule has 1 N–H and O–H groups in total. The number of aromatic nitrogens is 3. The number of rotatable bonds is 5. The second-order valence-electron chi connectivity index (χ2n) is 11.9. The number of carbonyl (C=O) groups is 1. The number of benzene rings is 2. The van der Waals surface area contributed by atoms with Crippen molar-refractivity contribution in [1.82, 2.24) is 15.0 Å². The minimum atomic E-state index is -0.392. The highest BCUT2D eigenvalue weighted by molar-refractivity contribution is 6.05. The number of nitrogens with one attached hydrogen (secondary N) is 1. The highest BCUT2D eigenvalue weighted by Gasteiger charge is 2.45. The van der Waals surface area contributed by atoms with Crippen molar-refractivity contribution in [3.8, 4) is 11.4 Å². The van der Waals surface area contributed by atoms with Crippen LogP contribution < -0.4 is 4.90 Å². The Balaban J connectivity index is 1.58. The summed E-state index contributed by atoms with van der Waals surface area (Å²) in [5.74, 6) is 0.338. The predicted molar refractivity (Wildman–Crippen MR) is 147 cm³/mol. The van der Waals surface area contributed by atoms with Crippen molar-refractivity contribution in [2.24, 2.45) is 5.41 Å². The molecule has 1 unspecified atom stereocenters. The molecule has 2 aromatic carbocycles. The lowest BCUT2D eigenvalue weighted by molar-refractivity contribution is -0.121. The summed E-state index contributed by atoms with van der Waals surface area (Å²) in [4.78, 5) is 28.7. The Kier molecular flexibility index (Phi) is 5.97. The van der Waals surface area contributed by atoms with Crippen LogP contribution in [0.4, 0.5) is 10.1 Å². The van der Waals surface area contributed by atoms with Crippen molar-refractivity contribution in [3.63, 3.8) is 0 Å². The first-order valence-electron chi connectivity index (χ1n) is 13.0. The molecule has 4 aromatic rings. The minimum Gasteiger partial charge on any atom is -0.353 e. The van der Waals surface area contributed by atoms with E-state index in [2.05, 4.69) is 64.7 Å². The second-order valence-corrected chi connectivity index (χ2v) is 11.9. The average Bonchev–Trinajstić information content (AvgIpc) is 3.37. The number of H-pyrrole nitrogens is 1. The van der Waals surface area contributed by atoms with E-state index in [0.717, 1.165) is 45.2 Å². The Morgan fingerprint density at radius 1 is 1.03 bits per heavy atom. The maximum absolute atomic E-state index is 14.4. The van der Waals surface area contributed by atoms with E-state index in [4.69, 9.17) is 9.97 Å². The number of halogens is 1. The van der Waals surface area contributed by atoms with Gasteiger partial charge in [0.1, 0.15) is 11.6 Å². The summed E-state index contributed by atoms with van der Waals surface area (Å²) >= 11 is 0. The van der Waals surface area contributed by atoms with Gasteiger partial charge in [0, 0.05) is 34.2 Å². The van der Waals surface area contributed by atoms with Crippen molar-refractivity contribution in [2.75, 3.05) is 11.4 Å². The fourth-order valence-corrected chi connectivity index (χ4v) is 5.53. The van der Waals surface area contributed by atoms with E-state index in [1.54, 1.807) is 6.07 Å². The zero-order valence-electron chi connectivity index (χ0n) is 22.7. The van der Waals surface area contributed by atoms with Crippen molar-refractivity contribution in [3.05, 3.63) is 77.0 Å². The van der Waals surface area contributed by atoms with Crippen LogP contribution in [0.2, 0.25) is 0 Å². The molecule has 1 amide bonds. The third-order valence-electron chi connectivity index (χ3n) is 7.37. The van der Waals surface area contributed by atoms with Crippen LogP contribution in [0.15, 0.2) is 48.5 Å². The van der Waals surface area contributed by atoms with Gasteiger partial charge in [-0.05, 0) is 61.6 Å². The number of anilines is 1. The molecule has 5 rings (SSSR count). The Labute approximate surface area is 218 Å². The molecule has 192 valence electrons. The van der Waals surface area contributed by atoms with E-state index in [-0.39, 0.29) is 23.1 Å². The van der Waals surface area contributed by atoms with Gasteiger partial charge in [-0.15, -0.1) is 0 Å². The van der Waals surface area contributed by atoms with Gasteiger partial charge in [0.05, 0.1) is 17.3 Å². The normalized spacial score (nSPS) is 16.1. The van der Waals surface area contributed by atoms with Gasteiger partial charge in [-0.1, -0.05) is 58.4 Å². The van der Waals surface area contributed by atoms with Crippen molar-refractivity contribution < 1.29 is 9.18 Å². The molecule has 0 aliphatic carbocycles. The molecule has 3 heterocycles. The molecule has 0 fully saturated rings. The Hall–Kier alpha value is -3.54. The number of likely N-dealkylation sites (N-methyl/N-ethyl adjacent to an activating group) is 1.